The Bertz CT molecular complexity index is 344. The molecule has 1 unspecified atom stereocenters. The van der Waals surface area contributed by atoms with Crippen LogP contribution in [0.2, 0.25) is 0 Å². The molecule has 0 bridgehead atoms. The van der Waals surface area contributed by atoms with Crippen LogP contribution in [0.3, 0.4) is 0 Å². The van der Waals surface area contributed by atoms with E-state index in [9.17, 15) is 9.59 Å². The number of carbonyl (C=O) groups excluding carboxylic acids is 2. The molecule has 1 atom stereocenters. The highest BCUT2D eigenvalue weighted by atomic mass is 16.6. The summed E-state index contributed by atoms with van der Waals surface area (Å²) in [5.41, 5.74) is -0.556. The summed E-state index contributed by atoms with van der Waals surface area (Å²) in [7, 11) is 2.04. The molecule has 0 spiro atoms. The normalized spacial score (nSPS) is 18.6. The summed E-state index contributed by atoms with van der Waals surface area (Å²) in [5, 5.41) is 2.67. The number of amides is 2. The van der Waals surface area contributed by atoms with Gasteiger partial charge in [0, 0.05) is 26.2 Å². The van der Waals surface area contributed by atoms with Crippen LogP contribution in [0.25, 0.3) is 0 Å². The summed E-state index contributed by atoms with van der Waals surface area (Å²) in [6.07, 6.45) is 0.0246. The molecular weight excluding hydrogens is 258 g/mol. The monoisotopic (exact) mass is 285 g/mol. The van der Waals surface area contributed by atoms with E-state index in [2.05, 4.69) is 10.2 Å². The van der Waals surface area contributed by atoms with E-state index in [0.717, 1.165) is 13.1 Å². The van der Waals surface area contributed by atoms with Crippen LogP contribution in [0.4, 0.5) is 4.79 Å². The Balaban J connectivity index is 2.53. The van der Waals surface area contributed by atoms with E-state index in [0.29, 0.717) is 19.5 Å². The molecular formula is C14H27N3O3. The van der Waals surface area contributed by atoms with E-state index in [1.807, 2.05) is 18.9 Å². The van der Waals surface area contributed by atoms with E-state index in [1.54, 1.807) is 20.8 Å². The van der Waals surface area contributed by atoms with Gasteiger partial charge in [0.25, 0.3) is 0 Å². The lowest BCUT2D eigenvalue weighted by molar-refractivity contribution is -0.135. The highest BCUT2D eigenvalue weighted by Gasteiger charge is 2.28. The number of hydrogen-bond acceptors (Lipinski definition) is 4. The van der Waals surface area contributed by atoms with Gasteiger partial charge < -0.3 is 19.9 Å². The number of ether oxygens (including phenoxy) is 1. The zero-order chi connectivity index (χ0) is 15.3. The molecule has 0 aromatic carbocycles. The molecule has 0 aromatic rings. The van der Waals surface area contributed by atoms with Crippen LogP contribution < -0.4 is 5.32 Å². The second-order valence-corrected chi connectivity index (χ2v) is 6.24. The van der Waals surface area contributed by atoms with Crippen molar-refractivity contribution in [3.05, 3.63) is 0 Å². The van der Waals surface area contributed by atoms with E-state index in [1.165, 1.54) is 0 Å². The van der Waals surface area contributed by atoms with Crippen molar-refractivity contribution in [3.63, 3.8) is 0 Å². The lowest BCUT2D eigenvalue weighted by Crippen LogP contribution is -2.54. The summed E-state index contributed by atoms with van der Waals surface area (Å²) >= 11 is 0. The summed E-state index contributed by atoms with van der Waals surface area (Å²) in [6.45, 7) is 10.4. The van der Waals surface area contributed by atoms with Crippen molar-refractivity contribution >= 4 is 12.0 Å². The summed E-state index contributed by atoms with van der Waals surface area (Å²) in [4.78, 5) is 28.1. The first-order chi connectivity index (χ1) is 9.23. The van der Waals surface area contributed by atoms with Crippen molar-refractivity contribution in [1.29, 1.82) is 0 Å². The van der Waals surface area contributed by atoms with Crippen molar-refractivity contribution in [3.8, 4) is 0 Å². The molecule has 116 valence electrons. The minimum atomic E-state index is -0.556. The van der Waals surface area contributed by atoms with Crippen molar-refractivity contribution in [2.24, 2.45) is 0 Å². The minimum absolute atomic E-state index is 0.0218. The topological polar surface area (TPSA) is 61.9 Å². The van der Waals surface area contributed by atoms with E-state index >= 15 is 0 Å². The largest absolute Gasteiger partial charge is 0.444 e. The molecule has 20 heavy (non-hydrogen) atoms. The second kappa shape index (κ2) is 6.92. The molecule has 1 N–H and O–H groups in total. The molecule has 0 radical (unpaired) electrons. The van der Waals surface area contributed by atoms with E-state index in [-0.39, 0.29) is 5.91 Å². The molecule has 6 heteroatoms. The van der Waals surface area contributed by atoms with Crippen molar-refractivity contribution in [1.82, 2.24) is 15.1 Å². The molecule has 0 aromatic heterocycles. The zero-order valence-electron chi connectivity index (χ0n) is 13.2. The van der Waals surface area contributed by atoms with Crippen molar-refractivity contribution in [2.75, 3.05) is 33.2 Å². The third-order valence-electron chi connectivity index (χ3n) is 3.21. The Morgan fingerprint density at radius 3 is 2.20 bits per heavy atom. The van der Waals surface area contributed by atoms with Gasteiger partial charge in [-0.3, -0.25) is 4.79 Å². The highest BCUT2D eigenvalue weighted by molar-refractivity contribution is 5.85. The third kappa shape index (κ3) is 5.36. The van der Waals surface area contributed by atoms with Crippen LogP contribution in [0.5, 0.6) is 0 Å². The number of nitrogens with zero attached hydrogens (tertiary/aromatic N) is 2. The maximum Gasteiger partial charge on any atom is 0.408 e. The Labute approximate surface area is 121 Å². The molecule has 0 aliphatic carbocycles. The van der Waals surface area contributed by atoms with Gasteiger partial charge in [-0.15, -0.1) is 0 Å². The molecule has 1 saturated heterocycles. The quantitative estimate of drug-likeness (QED) is 0.842. The molecule has 2 amide bonds. The number of rotatable bonds is 3. The fourth-order valence-electron chi connectivity index (χ4n) is 2.04. The molecule has 1 rings (SSSR count). The number of piperazine rings is 1. The molecule has 1 aliphatic rings. The van der Waals surface area contributed by atoms with Gasteiger partial charge in [0.1, 0.15) is 11.6 Å². The van der Waals surface area contributed by atoms with Crippen molar-refractivity contribution < 1.29 is 14.3 Å². The predicted octanol–water partition coefficient (Wildman–Crippen LogP) is 1.06. The molecule has 1 aliphatic heterocycles. The molecule has 0 saturated carbocycles. The van der Waals surface area contributed by atoms with Gasteiger partial charge in [-0.1, -0.05) is 6.92 Å². The van der Waals surface area contributed by atoms with E-state index < -0.39 is 17.7 Å². The lowest BCUT2D eigenvalue weighted by atomic mass is 10.1. The second-order valence-electron chi connectivity index (χ2n) is 6.24. The van der Waals surface area contributed by atoms with Crippen molar-refractivity contribution in [2.45, 2.75) is 45.8 Å². The summed E-state index contributed by atoms with van der Waals surface area (Å²) in [6, 6.07) is -0.506. The van der Waals surface area contributed by atoms with Crippen LogP contribution in [-0.4, -0.2) is 66.7 Å². The summed E-state index contributed by atoms with van der Waals surface area (Å²) < 4.78 is 5.20. The standard InChI is InChI=1S/C14H27N3O3/c1-6-11(15-13(19)20-14(2,3)4)12(18)17-9-7-16(5)8-10-17/h11H,6-10H2,1-5H3,(H,15,19). The van der Waals surface area contributed by atoms with Gasteiger partial charge in [0.2, 0.25) is 5.91 Å². The van der Waals surface area contributed by atoms with Gasteiger partial charge in [-0.2, -0.15) is 0 Å². The molecule has 1 fully saturated rings. The molecule has 1 heterocycles. The van der Waals surface area contributed by atoms with Gasteiger partial charge in [-0.05, 0) is 34.2 Å². The van der Waals surface area contributed by atoms with Gasteiger partial charge in [0.15, 0.2) is 0 Å². The van der Waals surface area contributed by atoms with Crippen LogP contribution in [0, 0.1) is 0 Å². The highest BCUT2D eigenvalue weighted by Crippen LogP contribution is 2.09. The SMILES string of the molecule is CCC(NC(=O)OC(C)(C)C)C(=O)N1CCN(C)CC1. The lowest BCUT2D eigenvalue weighted by Gasteiger charge is -2.34. The number of carbonyl (C=O) groups is 2. The Kier molecular flexibility index (Phi) is 5.80. The van der Waals surface area contributed by atoms with Gasteiger partial charge in [-0.25, -0.2) is 4.79 Å². The van der Waals surface area contributed by atoms with Crippen LogP contribution in [0.1, 0.15) is 34.1 Å². The Hall–Kier alpha value is -1.30. The number of alkyl carbamates (subject to hydrolysis) is 1. The smallest absolute Gasteiger partial charge is 0.408 e. The van der Waals surface area contributed by atoms with Gasteiger partial charge in [0.05, 0.1) is 0 Å². The van der Waals surface area contributed by atoms with Crippen LogP contribution >= 0.6 is 0 Å². The zero-order valence-corrected chi connectivity index (χ0v) is 13.2. The fraction of sp³-hybridized carbons (Fsp3) is 0.857. The maximum atomic E-state index is 12.4. The maximum absolute atomic E-state index is 12.4. The number of likely N-dealkylation sites (N-methyl/N-ethyl adjacent to an activating group) is 1. The minimum Gasteiger partial charge on any atom is -0.444 e. The molecule has 6 nitrogen and oxygen atoms in total. The number of hydrogen-bond donors (Lipinski definition) is 1. The Morgan fingerprint density at radius 2 is 1.75 bits per heavy atom. The average Bonchev–Trinajstić information content (AvgIpc) is 2.34. The van der Waals surface area contributed by atoms with Gasteiger partial charge >= 0.3 is 6.09 Å². The first kappa shape index (κ1) is 16.8. The summed E-state index contributed by atoms with van der Waals surface area (Å²) in [5.74, 6) is -0.0218. The Morgan fingerprint density at radius 1 is 1.20 bits per heavy atom. The van der Waals surface area contributed by atoms with Crippen LogP contribution in [-0.2, 0) is 9.53 Å². The first-order valence-corrected chi connectivity index (χ1v) is 7.19. The van der Waals surface area contributed by atoms with Crippen LogP contribution in [0.15, 0.2) is 0 Å². The first-order valence-electron chi connectivity index (χ1n) is 7.19. The van der Waals surface area contributed by atoms with E-state index in [4.69, 9.17) is 4.74 Å². The third-order valence-corrected chi connectivity index (χ3v) is 3.21. The average molecular weight is 285 g/mol. The number of nitrogens with one attached hydrogen (secondary N) is 1. The predicted molar refractivity (Wildman–Crippen MR) is 77.5 cm³/mol. The fourth-order valence-corrected chi connectivity index (χ4v) is 2.04.